The average molecular weight is 234 g/mol. The van der Waals surface area contributed by atoms with Gasteiger partial charge in [-0.15, -0.1) is 0 Å². The van der Waals surface area contributed by atoms with Gasteiger partial charge in [0, 0.05) is 12.3 Å². The van der Waals surface area contributed by atoms with Gasteiger partial charge in [0.15, 0.2) is 0 Å². The van der Waals surface area contributed by atoms with Crippen molar-refractivity contribution in [2.75, 3.05) is 0 Å². The summed E-state index contributed by atoms with van der Waals surface area (Å²) in [5.74, 6) is 3.53. The molecule has 3 aliphatic carbocycles. The molecule has 0 heterocycles. The zero-order valence-electron chi connectivity index (χ0n) is 11.4. The van der Waals surface area contributed by atoms with Gasteiger partial charge in [0.05, 0.1) is 0 Å². The van der Waals surface area contributed by atoms with Crippen LogP contribution in [0.3, 0.4) is 0 Å². The minimum Gasteiger partial charge on any atom is -0.299 e. The lowest BCUT2D eigenvalue weighted by molar-refractivity contribution is -0.137. The second-order valence-electron chi connectivity index (χ2n) is 7.11. The van der Waals surface area contributed by atoms with E-state index in [1.165, 1.54) is 44.9 Å². The van der Waals surface area contributed by atoms with Gasteiger partial charge in [-0.05, 0) is 55.3 Å². The normalized spacial score (nSPS) is 50.6. The van der Waals surface area contributed by atoms with Crippen LogP contribution < -0.4 is 0 Å². The fraction of sp³-hybridized carbons (Fsp3) is 0.938. The molecule has 0 aromatic heterocycles. The third-order valence-corrected chi connectivity index (χ3v) is 6.53. The zero-order valence-corrected chi connectivity index (χ0v) is 11.4. The molecule has 0 spiro atoms. The van der Waals surface area contributed by atoms with Crippen LogP contribution in [0.15, 0.2) is 0 Å². The van der Waals surface area contributed by atoms with E-state index in [4.69, 9.17) is 0 Å². The molecular weight excluding hydrogens is 208 g/mol. The maximum absolute atomic E-state index is 12.1. The van der Waals surface area contributed by atoms with Crippen molar-refractivity contribution in [1.82, 2.24) is 0 Å². The van der Waals surface area contributed by atoms with Gasteiger partial charge in [-0.2, -0.15) is 0 Å². The summed E-state index contributed by atoms with van der Waals surface area (Å²) >= 11 is 0. The first-order chi connectivity index (χ1) is 8.13. The van der Waals surface area contributed by atoms with Crippen LogP contribution in [-0.2, 0) is 4.79 Å². The second kappa shape index (κ2) is 4.10. The maximum Gasteiger partial charge on any atom is 0.136 e. The van der Waals surface area contributed by atoms with E-state index in [1.54, 1.807) is 0 Å². The van der Waals surface area contributed by atoms with Crippen molar-refractivity contribution < 1.29 is 4.79 Å². The average Bonchev–Trinajstić information content (AvgIpc) is 2.31. The Balaban J connectivity index is 1.88. The number of Topliss-reactive ketones (excluding diaryl/α,β-unsaturated/α-hetero) is 1. The molecule has 0 aromatic rings. The van der Waals surface area contributed by atoms with Crippen LogP contribution in [0.4, 0.5) is 0 Å². The summed E-state index contributed by atoms with van der Waals surface area (Å²) in [5, 5.41) is 0. The van der Waals surface area contributed by atoms with Crippen molar-refractivity contribution in [3.8, 4) is 0 Å². The van der Waals surface area contributed by atoms with Crippen LogP contribution in [0, 0.1) is 29.1 Å². The Morgan fingerprint density at radius 1 is 1.12 bits per heavy atom. The molecule has 5 atom stereocenters. The van der Waals surface area contributed by atoms with Crippen molar-refractivity contribution in [3.05, 3.63) is 0 Å². The van der Waals surface area contributed by atoms with Crippen LogP contribution in [0.2, 0.25) is 0 Å². The topological polar surface area (TPSA) is 17.1 Å². The molecule has 1 nitrogen and oxygen atoms in total. The van der Waals surface area contributed by atoms with Crippen molar-refractivity contribution in [1.29, 1.82) is 0 Å². The van der Waals surface area contributed by atoms with E-state index < -0.39 is 0 Å². The standard InChI is InChI=1S/C16H26O/c1-11-5-3-7-14-12-6-4-8-15(17)13(12)9-10-16(11,14)2/h11-14H,3-10H2,1-2H3/t11?,12-,13+,14+,16-/m0/s1. The summed E-state index contributed by atoms with van der Waals surface area (Å²) in [7, 11) is 0. The van der Waals surface area contributed by atoms with Gasteiger partial charge in [0.1, 0.15) is 5.78 Å². The summed E-state index contributed by atoms with van der Waals surface area (Å²) in [5.41, 5.74) is 0.553. The van der Waals surface area contributed by atoms with E-state index >= 15 is 0 Å². The predicted octanol–water partition coefficient (Wildman–Crippen LogP) is 4.21. The van der Waals surface area contributed by atoms with Crippen LogP contribution in [-0.4, -0.2) is 5.78 Å². The summed E-state index contributed by atoms with van der Waals surface area (Å²) in [6, 6.07) is 0. The molecule has 0 N–H and O–H groups in total. The molecule has 0 bridgehead atoms. The van der Waals surface area contributed by atoms with E-state index in [0.29, 0.717) is 17.1 Å². The molecule has 3 aliphatic rings. The SMILES string of the molecule is CC1CCC[C@@H]2[C@H]3CCCC(=O)[C@@H]3CC[C@@]12C. The molecule has 1 unspecified atom stereocenters. The van der Waals surface area contributed by atoms with Crippen molar-refractivity contribution in [2.45, 2.75) is 65.2 Å². The van der Waals surface area contributed by atoms with Gasteiger partial charge in [0.25, 0.3) is 0 Å². The Kier molecular flexibility index (Phi) is 2.83. The number of carbonyl (C=O) groups excluding carboxylic acids is 1. The predicted molar refractivity (Wildman–Crippen MR) is 69.7 cm³/mol. The number of fused-ring (bicyclic) bond motifs is 3. The third kappa shape index (κ3) is 1.69. The molecule has 0 saturated heterocycles. The molecule has 96 valence electrons. The van der Waals surface area contributed by atoms with Crippen molar-refractivity contribution in [3.63, 3.8) is 0 Å². The maximum atomic E-state index is 12.1. The smallest absolute Gasteiger partial charge is 0.136 e. The highest BCUT2D eigenvalue weighted by Crippen LogP contribution is 2.58. The van der Waals surface area contributed by atoms with E-state index in [2.05, 4.69) is 13.8 Å². The highest BCUT2D eigenvalue weighted by molar-refractivity contribution is 5.82. The first-order valence-electron chi connectivity index (χ1n) is 7.65. The molecule has 3 saturated carbocycles. The van der Waals surface area contributed by atoms with Gasteiger partial charge in [-0.25, -0.2) is 0 Å². The quantitative estimate of drug-likeness (QED) is 0.613. The summed E-state index contributed by atoms with van der Waals surface area (Å²) in [4.78, 5) is 12.1. The summed E-state index contributed by atoms with van der Waals surface area (Å²) in [6.45, 7) is 4.98. The van der Waals surface area contributed by atoms with E-state index in [0.717, 1.165) is 24.2 Å². The van der Waals surface area contributed by atoms with Gasteiger partial charge >= 0.3 is 0 Å². The second-order valence-corrected chi connectivity index (χ2v) is 7.11. The van der Waals surface area contributed by atoms with E-state index in [1.807, 2.05) is 0 Å². The molecule has 3 rings (SSSR count). The molecule has 3 fully saturated rings. The van der Waals surface area contributed by atoms with Crippen molar-refractivity contribution in [2.24, 2.45) is 29.1 Å². The molecule has 0 amide bonds. The van der Waals surface area contributed by atoms with Gasteiger partial charge in [0.2, 0.25) is 0 Å². The molecule has 17 heavy (non-hydrogen) atoms. The van der Waals surface area contributed by atoms with Gasteiger partial charge in [-0.1, -0.05) is 26.7 Å². The zero-order chi connectivity index (χ0) is 12.0. The molecule has 0 aliphatic heterocycles. The minimum absolute atomic E-state index is 0.451. The monoisotopic (exact) mass is 234 g/mol. The number of hydrogen-bond acceptors (Lipinski definition) is 1. The number of carbonyl (C=O) groups is 1. The highest BCUT2D eigenvalue weighted by atomic mass is 16.1. The lowest BCUT2D eigenvalue weighted by Crippen LogP contribution is -2.50. The van der Waals surface area contributed by atoms with Crippen LogP contribution in [0.5, 0.6) is 0 Å². The molecular formula is C16H26O. The number of rotatable bonds is 0. The Bertz CT molecular complexity index is 321. The van der Waals surface area contributed by atoms with Crippen LogP contribution in [0.25, 0.3) is 0 Å². The van der Waals surface area contributed by atoms with Crippen LogP contribution in [0.1, 0.15) is 65.2 Å². The first-order valence-corrected chi connectivity index (χ1v) is 7.65. The molecule has 0 aromatic carbocycles. The third-order valence-electron chi connectivity index (χ3n) is 6.53. The number of hydrogen-bond donors (Lipinski definition) is 0. The fourth-order valence-electron chi connectivity index (χ4n) is 5.26. The summed E-state index contributed by atoms with van der Waals surface area (Å²) in [6.07, 6.45) is 10.1. The van der Waals surface area contributed by atoms with Gasteiger partial charge < -0.3 is 0 Å². The Morgan fingerprint density at radius 2 is 1.94 bits per heavy atom. The lowest BCUT2D eigenvalue weighted by atomic mass is 9.48. The highest BCUT2D eigenvalue weighted by Gasteiger charge is 2.52. The van der Waals surface area contributed by atoms with Gasteiger partial charge in [-0.3, -0.25) is 4.79 Å². The van der Waals surface area contributed by atoms with E-state index in [-0.39, 0.29) is 0 Å². The minimum atomic E-state index is 0.451. The Hall–Kier alpha value is -0.330. The van der Waals surface area contributed by atoms with Crippen molar-refractivity contribution >= 4 is 5.78 Å². The first kappa shape index (κ1) is 11.7. The molecule has 1 heteroatoms. The summed E-state index contributed by atoms with van der Waals surface area (Å²) < 4.78 is 0. The van der Waals surface area contributed by atoms with E-state index in [9.17, 15) is 4.79 Å². The Labute approximate surface area is 105 Å². The molecule has 0 radical (unpaired) electrons. The Morgan fingerprint density at radius 3 is 2.76 bits per heavy atom. The van der Waals surface area contributed by atoms with Crippen LogP contribution >= 0.6 is 0 Å². The largest absolute Gasteiger partial charge is 0.299 e. The number of ketones is 1. The fourth-order valence-corrected chi connectivity index (χ4v) is 5.26. The lowest BCUT2D eigenvalue weighted by Gasteiger charge is -2.56.